The summed E-state index contributed by atoms with van der Waals surface area (Å²) in [7, 11) is -3.63. The Morgan fingerprint density at radius 2 is 1.85 bits per heavy atom. The molecule has 0 N–H and O–H groups in total. The average Bonchev–Trinajstić information content (AvgIpc) is 2.61. The van der Waals surface area contributed by atoms with Crippen molar-refractivity contribution in [2.45, 2.75) is 37.7 Å². The first-order chi connectivity index (χ1) is 12.4. The van der Waals surface area contributed by atoms with E-state index in [-0.39, 0.29) is 23.6 Å². The van der Waals surface area contributed by atoms with E-state index in [9.17, 15) is 8.42 Å². The van der Waals surface area contributed by atoms with Gasteiger partial charge in [0, 0.05) is 17.9 Å². The maximum Gasteiger partial charge on any atom is 0.317 e. The predicted octanol–water partition coefficient (Wildman–Crippen LogP) is 2.20. The van der Waals surface area contributed by atoms with Gasteiger partial charge in [-0.1, -0.05) is 0 Å². The van der Waals surface area contributed by atoms with E-state index in [4.69, 9.17) is 10.00 Å². The maximum atomic E-state index is 12.8. The van der Waals surface area contributed by atoms with Gasteiger partial charge in [0.2, 0.25) is 10.0 Å². The summed E-state index contributed by atoms with van der Waals surface area (Å²) in [4.78, 5) is 8.70. The van der Waals surface area contributed by atoms with Gasteiger partial charge in [-0.3, -0.25) is 0 Å². The minimum absolute atomic E-state index is 0.180. The molecule has 136 valence electrons. The molecule has 7 nitrogen and oxygen atoms in total. The lowest BCUT2D eigenvalue weighted by Gasteiger charge is -2.31. The smallest absolute Gasteiger partial charge is 0.317 e. The molecule has 1 aliphatic heterocycles. The highest BCUT2D eigenvalue weighted by molar-refractivity contribution is 7.89. The Kier molecular flexibility index (Phi) is 5.20. The third-order valence-electron chi connectivity index (χ3n) is 4.20. The van der Waals surface area contributed by atoms with Crippen molar-refractivity contribution in [1.29, 1.82) is 5.26 Å². The molecule has 1 fully saturated rings. The van der Waals surface area contributed by atoms with Crippen LogP contribution in [0, 0.1) is 25.2 Å². The number of nitriles is 1. The predicted molar refractivity (Wildman–Crippen MR) is 95.1 cm³/mol. The molecule has 2 aromatic rings. The fourth-order valence-corrected chi connectivity index (χ4v) is 4.48. The normalized spacial score (nSPS) is 18.3. The van der Waals surface area contributed by atoms with Gasteiger partial charge in [0.05, 0.1) is 23.1 Å². The van der Waals surface area contributed by atoms with Crippen LogP contribution in [0.3, 0.4) is 0 Å². The quantitative estimate of drug-likeness (QED) is 0.816. The van der Waals surface area contributed by atoms with E-state index < -0.39 is 10.0 Å². The Bertz CT molecular complexity index is 916. The van der Waals surface area contributed by atoms with Crippen molar-refractivity contribution in [2.24, 2.45) is 0 Å². The Hall–Kier alpha value is -2.50. The van der Waals surface area contributed by atoms with Crippen molar-refractivity contribution in [3.8, 4) is 12.1 Å². The number of sulfonamides is 1. The first kappa shape index (κ1) is 18.3. The highest BCUT2D eigenvalue weighted by Gasteiger charge is 2.31. The van der Waals surface area contributed by atoms with Crippen LogP contribution in [0.25, 0.3) is 0 Å². The van der Waals surface area contributed by atoms with Gasteiger partial charge in [0.1, 0.15) is 6.10 Å². The Balaban J connectivity index is 1.75. The van der Waals surface area contributed by atoms with Crippen LogP contribution in [-0.4, -0.2) is 41.9 Å². The van der Waals surface area contributed by atoms with Crippen molar-refractivity contribution < 1.29 is 13.2 Å². The molecule has 3 rings (SSSR count). The molecule has 1 unspecified atom stereocenters. The second-order valence-electron chi connectivity index (χ2n) is 6.31. The molecule has 0 aliphatic carbocycles. The first-order valence-electron chi connectivity index (χ1n) is 8.38. The summed E-state index contributed by atoms with van der Waals surface area (Å²) in [5, 5.41) is 8.86. The third kappa shape index (κ3) is 4.00. The molecule has 26 heavy (non-hydrogen) atoms. The summed E-state index contributed by atoms with van der Waals surface area (Å²) >= 11 is 0. The largest absolute Gasteiger partial charge is 0.459 e. The number of aryl methyl sites for hydroxylation is 2. The molecule has 0 radical (unpaired) electrons. The second-order valence-corrected chi connectivity index (χ2v) is 8.25. The van der Waals surface area contributed by atoms with Gasteiger partial charge in [-0.15, -0.1) is 0 Å². The lowest BCUT2D eigenvalue weighted by molar-refractivity contribution is 0.119. The minimum Gasteiger partial charge on any atom is -0.459 e. The summed E-state index contributed by atoms with van der Waals surface area (Å²) in [6, 6.07) is 10.1. The van der Waals surface area contributed by atoms with Crippen LogP contribution < -0.4 is 4.74 Å². The van der Waals surface area contributed by atoms with E-state index in [1.165, 1.54) is 28.6 Å². The van der Waals surface area contributed by atoms with Crippen LogP contribution in [0.15, 0.2) is 35.2 Å². The van der Waals surface area contributed by atoms with E-state index in [1.54, 1.807) is 0 Å². The number of ether oxygens (including phenoxy) is 1. The molecule has 1 saturated heterocycles. The molecule has 1 aromatic heterocycles. The van der Waals surface area contributed by atoms with Crippen molar-refractivity contribution in [3.05, 3.63) is 47.3 Å². The van der Waals surface area contributed by atoms with E-state index in [1.807, 2.05) is 26.0 Å². The summed E-state index contributed by atoms with van der Waals surface area (Å²) < 4.78 is 33.0. The van der Waals surface area contributed by atoms with Crippen molar-refractivity contribution in [2.75, 3.05) is 13.1 Å². The Morgan fingerprint density at radius 3 is 2.46 bits per heavy atom. The third-order valence-corrected chi connectivity index (χ3v) is 6.08. The number of rotatable bonds is 4. The lowest BCUT2D eigenvalue weighted by atomic mass is 10.1. The minimum atomic E-state index is -3.63. The van der Waals surface area contributed by atoms with Gasteiger partial charge in [0.15, 0.2) is 0 Å². The van der Waals surface area contributed by atoms with Gasteiger partial charge in [-0.25, -0.2) is 18.4 Å². The monoisotopic (exact) mass is 372 g/mol. The lowest BCUT2D eigenvalue weighted by Crippen LogP contribution is -2.44. The van der Waals surface area contributed by atoms with E-state index in [2.05, 4.69) is 9.97 Å². The maximum absolute atomic E-state index is 12.8. The Labute approximate surface area is 153 Å². The van der Waals surface area contributed by atoms with Gasteiger partial charge < -0.3 is 4.74 Å². The zero-order valence-corrected chi connectivity index (χ0v) is 15.5. The number of piperidine rings is 1. The average molecular weight is 372 g/mol. The molecule has 1 aliphatic rings. The first-order valence-corrected chi connectivity index (χ1v) is 9.82. The van der Waals surface area contributed by atoms with Crippen molar-refractivity contribution in [1.82, 2.24) is 14.3 Å². The zero-order chi connectivity index (χ0) is 18.7. The van der Waals surface area contributed by atoms with E-state index >= 15 is 0 Å². The number of aromatic nitrogens is 2. The molecular formula is C18H20N4O3S. The number of benzene rings is 1. The van der Waals surface area contributed by atoms with Crippen LogP contribution in [0.5, 0.6) is 6.01 Å². The molecule has 8 heteroatoms. The van der Waals surface area contributed by atoms with Crippen LogP contribution in [0.2, 0.25) is 0 Å². The second kappa shape index (κ2) is 7.40. The topological polar surface area (TPSA) is 96.2 Å². The summed E-state index contributed by atoms with van der Waals surface area (Å²) in [5.41, 5.74) is 2.05. The summed E-state index contributed by atoms with van der Waals surface area (Å²) in [6.07, 6.45) is 1.15. The van der Waals surface area contributed by atoms with Crippen molar-refractivity contribution in [3.63, 3.8) is 0 Å². The highest BCUT2D eigenvalue weighted by atomic mass is 32.2. The molecule has 0 bridgehead atoms. The van der Waals surface area contributed by atoms with Crippen LogP contribution in [0.1, 0.15) is 29.8 Å². The fraction of sp³-hybridized carbons (Fsp3) is 0.389. The van der Waals surface area contributed by atoms with Gasteiger partial charge >= 0.3 is 6.01 Å². The molecule has 0 spiro atoms. The molecule has 1 aromatic carbocycles. The SMILES string of the molecule is Cc1cc(C)nc(OC2CCCN(S(=O)(=O)c3ccc(C#N)cc3)C2)n1. The zero-order valence-electron chi connectivity index (χ0n) is 14.7. The standard InChI is InChI=1S/C18H20N4O3S/c1-13-10-14(2)21-18(20-13)25-16-4-3-9-22(12-16)26(23,24)17-7-5-15(11-19)6-8-17/h5-8,10,16H,3-4,9,12H2,1-2H3. The molecule has 2 heterocycles. The molecule has 0 amide bonds. The summed E-state index contributed by atoms with van der Waals surface area (Å²) in [6.45, 7) is 4.42. The fourth-order valence-electron chi connectivity index (χ4n) is 2.97. The van der Waals surface area contributed by atoms with Gasteiger partial charge in [0.25, 0.3) is 0 Å². The van der Waals surface area contributed by atoms with Crippen LogP contribution in [0.4, 0.5) is 0 Å². The van der Waals surface area contributed by atoms with E-state index in [0.29, 0.717) is 18.5 Å². The Morgan fingerprint density at radius 1 is 1.19 bits per heavy atom. The van der Waals surface area contributed by atoms with Gasteiger partial charge in [-0.2, -0.15) is 9.57 Å². The van der Waals surface area contributed by atoms with Gasteiger partial charge in [-0.05, 0) is 57.0 Å². The number of hydrogen-bond acceptors (Lipinski definition) is 6. The molecule has 1 atom stereocenters. The molecule has 0 saturated carbocycles. The summed E-state index contributed by atoms with van der Waals surface area (Å²) in [5.74, 6) is 0. The van der Waals surface area contributed by atoms with Crippen LogP contribution in [-0.2, 0) is 10.0 Å². The highest BCUT2D eigenvalue weighted by Crippen LogP contribution is 2.23. The van der Waals surface area contributed by atoms with E-state index in [0.717, 1.165) is 17.8 Å². The van der Waals surface area contributed by atoms with Crippen LogP contribution >= 0.6 is 0 Å². The van der Waals surface area contributed by atoms with Crippen molar-refractivity contribution >= 4 is 10.0 Å². The number of nitrogens with zero attached hydrogens (tertiary/aromatic N) is 4. The number of hydrogen-bond donors (Lipinski definition) is 0. The molecular weight excluding hydrogens is 352 g/mol.